The zero-order valence-electron chi connectivity index (χ0n) is 15.6. The van der Waals surface area contributed by atoms with Crippen LogP contribution >= 0.6 is 0 Å². The van der Waals surface area contributed by atoms with Gasteiger partial charge in [-0.3, -0.25) is 0 Å². The lowest BCUT2D eigenvalue weighted by Gasteiger charge is -2.17. The molecular weight excluding hydrogens is 392 g/mol. The number of benzene rings is 2. The summed E-state index contributed by atoms with van der Waals surface area (Å²) in [5, 5.41) is -0.00372. The molecule has 0 fully saturated rings. The predicted octanol–water partition coefficient (Wildman–Crippen LogP) is 5.16. The minimum atomic E-state index is -3.70. The van der Waals surface area contributed by atoms with E-state index in [0.717, 1.165) is 11.1 Å². The highest BCUT2D eigenvalue weighted by molar-refractivity contribution is 7.91. The topological polar surface area (TPSA) is 47.0 Å². The lowest BCUT2D eigenvalue weighted by Crippen LogP contribution is -2.14. The van der Waals surface area contributed by atoms with Gasteiger partial charge in [0.25, 0.3) is 0 Å². The Balaban J connectivity index is 1.82. The van der Waals surface area contributed by atoms with Gasteiger partial charge in [0.1, 0.15) is 11.6 Å². The van der Waals surface area contributed by atoms with Gasteiger partial charge in [0, 0.05) is 12.1 Å². The van der Waals surface area contributed by atoms with E-state index in [9.17, 15) is 17.2 Å². The Hall–Kier alpha value is -2.86. The van der Waals surface area contributed by atoms with E-state index in [1.165, 1.54) is 36.5 Å². The number of nitrogens with zero attached hydrogens (tertiary/aromatic N) is 1. The van der Waals surface area contributed by atoms with Crippen LogP contribution in [-0.2, 0) is 9.84 Å². The monoisotopic (exact) mass is 411 g/mol. The van der Waals surface area contributed by atoms with Crippen LogP contribution in [0.1, 0.15) is 29.9 Å². The number of hydrogen-bond acceptors (Lipinski definition) is 3. The van der Waals surface area contributed by atoms with Gasteiger partial charge < -0.3 is 0 Å². The van der Waals surface area contributed by atoms with Gasteiger partial charge in [0.15, 0.2) is 14.9 Å². The Kier molecular flexibility index (Phi) is 5.28. The molecule has 4 rings (SSSR count). The van der Waals surface area contributed by atoms with Crippen LogP contribution in [0.15, 0.2) is 83.5 Å². The van der Waals surface area contributed by atoms with E-state index in [1.54, 1.807) is 36.4 Å². The van der Waals surface area contributed by atoms with E-state index in [0.29, 0.717) is 24.0 Å². The molecule has 0 saturated heterocycles. The minimum absolute atomic E-state index is 0.00372. The Morgan fingerprint density at radius 1 is 0.931 bits per heavy atom. The van der Waals surface area contributed by atoms with Crippen LogP contribution < -0.4 is 0 Å². The normalized spacial score (nSPS) is 17.0. The zero-order valence-corrected chi connectivity index (χ0v) is 16.4. The van der Waals surface area contributed by atoms with Crippen molar-refractivity contribution in [1.29, 1.82) is 0 Å². The molecule has 3 aromatic rings. The molecule has 3 nitrogen and oxygen atoms in total. The van der Waals surface area contributed by atoms with Crippen LogP contribution in [-0.4, -0.2) is 19.2 Å². The van der Waals surface area contributed by atoms with Gasteiger partial charge in [0.05, 0.1) is 5.75 Å². The van der Waals surface area contributed by atoms with E-state index in [1.807, 2.05) is 0 Å². The molecule has 0 saturated carbocycles. The van der Waals surface area contributed by atoms with Gasteiger partial charge in [-0.25, -0.2) is 22.2 Å². The summed E-state index contributed by atoms with van der Waals surface area (Å²) in [7, 11) is -3.70. The number of sulfone groups is 1. The fourth-order valence-corrected chi connectivity index (χ4v) is 5.37. The molecule has 1 heterocycles. The van der Waals surface area contributed by atoms with Crippen LogP contribution in [0.2, 0.25) is 0 Å². The fraction of sp³-hybridized carbons (Fsp3) is 0.174. The van der Waals surface area contributed by atoms with Crippen LogP contribution in [0, 0.1) is 11.6 Å². The third-order valence-corrected chi connectivity index (χ3v) is 6.79. The van der Waals surface area contributed by atoms with Crippen LogP contribution in [0.3, 0.4) is 0 Å². The highest BCUT2D eigenvalue weighted by Crippen LogP contribution is 2.45. The molecule has 1 aromatic heterocycles. The molecule has 0 radical (unpaired) electrons. The van der Waals surface area contributed by atoms with E-state index in [-0.39, 0.29) is 28.3 Å². The Morgan fingerprint density at radius 2 is 1.69 bits per heavy atom. The van der Waals surface area contributed by atoms with E-state index < -0.39 is 9.84 Å². The summed E-state index contributed by atoms with van der Waals surface area (Å²) in [4.78, 5) is 3.99. The summed E-state index contributed by atoms with van der Waals surface area (Å²) in [5.74, 6) is -1.23. The average molecular weight is 411 g/mol. The quantitative estimate of drug-likeness (QED) is 0.582. The number of hydrogen-bond donors (Lipinski definition) is 0. The molecule has 148 valence electrons. The molecule has 1 aliphatic rings. The van der Waals surface area contributed by atoms with Crippen molar-refractivity contribution < 1.29 is 17.2 Å². The number of aromatic nitrogens is 1. The molecule has 0 bridgehead atoms. The van der Waals surface area contributed by atoms with Crippen LogP contribution in [0.25, 0.3) is 5.57 Å². The Bertz CT molecular complexity index is 1170. The largest absolute Gasteiger partial charge is 0.245 e. The van der Waals surface area contributed by atoms with Crippen molar-refractivity contribution >= 4 is 15.4 Å². The molecule has 1 unspecified atom stereocenters. The van der Waals surface area contributed by atoms with Gasteiger partial charge in [-0.1, -0.05) is 30.3 Å². The van der Waals surface area contributed by atoms with Crippen molar-refractivity contribution in [2.75, 3.05) is 5.75 Å². The highest BCUT2D eigenvalue weighted by atomic mass is 32.2. The van der Waals surface area contributed by atoms with Crippen LogP contribution in [0.4, 0.5) is 8.78 Å². The van der Waals surface area contributed by atoms with Gasteiger partial charge in [0.2, 0.25) is 0 Å². The van der Waals surface area contributed by atoms with Crippen molar-refractivity contribution in [1.82, 2.24) is 4.98 Å². The fourth-order valence-electron chi connectivity index (χ4n) is 3.93. The first-order valence-corrected chi connectivity index (χ1v) is 11.0. The van der Waals surface area contributed by atoms with Crippen molar-refractivity contribution in [3.8, 4) is 0 Å². The maximum absolute atomic E-state index is 13.8. The van der Waals surface area contributed by atoms with E-state index >= 15 is 0 Å². The smallest absolute Gasteiger partial charge is 0.199 e. The van der Waals surface area contributed by atoms with Crippen molar-refractivity contribution in [2.24, 2.45) is 0 Å². The summed E-state index contributed by atoms with van der Waals surface area (Å²) >= 11 is 0. The van der Waals surface area contributed by atoms with Crippen LogP contribution in [0.5, 0.6) is 0 Å². The predicted molar refractivity (Wildman–Crippen MR) is 108 cm³/mol. The SMILES string of the molecule is O=S(=O)(CC1=C(c2cccc(F)c2)CCC1c1cccc(F)c1)c1ccccn1. The molecule has 2 aromatic carbocycles. The zero-order chi connectivity index (χ0) is 20.4. The van der Waals surface area contributed by atoms with Crippen molar-refractivity contribution in [2.45, 2.75) is 23.8 Å². The first kappa shape index (κ1) is 19.5. The maximum Gasteiger partial charge on any atom is 0.199 e. The van der Waals surface area contributed by atoms with E-state index in [2.05, 4.69) is 4.98 Å². The molecule has 1 atom stereocenters. The summed E-state index contributed by atoms with van der Waals surface area (Å²) < 4.78 is 53.7. The molecule has 6 heteroatoms. The first-order chi connectivity index (χ1) is 13.9. The summed E-state index contributed by atoms with van der Waals surface area (Å²) in [6.07, 6.45) is 2.67. The maximum atomic E-state index is 13.8. The Labute approximate surface area is 168 Å². The summed E-state index contributed by atoms with van der Waals surface area (Å²) in [6.45, 7) is 0. The number of allylic oxidation sites excluding steroid dienone is 1. The number of halogens is 2. The standard InChI is InChI=1S/C23H19F2NO2S/c24-18-7-3-5-16(13-18)20-10-11-21(17-6-4-8-19(25)14-17)22(20)15-29(27,28)23-9-1-2-12-26-23/h1-9,12-14,20H,10-11,15H2. The number of pyridine rings is 1. The average Bonchev–Trinajstić information content (AvgIpc) is 3.11. The van der Waals surface area contributed by atoms with Crippen molar-refractivity contribution in [3.63, 3.8) is 0 Å². The molecule has 0 spiro atoms. The van der Waals surface area contributed by atoms with Gasteiger partial charge in [-0.2, -0.15) is 0 Å². The second-order valence-electron chi connectivity index (χ2n) is 7.09. The third kappa shape index (κ3) is 4.12. The molecule has 0 amide bonds. The van der Waals surface area contributed by atoms with Crippen molar-refractivity contribution in [3.05, 3.63) is 101 Å². The minimum Gasteiger partial charge on any atom is -0.245 e. The van der Waals surface area contributed by atoms with Gasteiger partial charge in [-0.15, -0.1) is 0 Å². The van der Waals surface area contributed by atoms with Gasteiger partial charge >= 0.3 is 0 Å². The molecule has 29 heavy (non-hydrogen) atoms. The van der Waals surface area contributed by atoms with Gasteiger partial charge in [-0.05, 0) is 71.5 Å². The third-order valence-electron chi connectivity index (χ3n) is 5.22. The second kappa shape index (κ2) is 7.87. The van der Waals surface area contributed by atoms with E-state index in [4.69, 9.17) is 0 Å². The summed E-state index contributed by atoms with van der Waals surface area (Å²) in [5.41, 5.74) is 2.86. The second-order valence-corrected chi connectivity index (χ2v) is 9.02. The molecule has 0 aliphatic heterocycles. The first-order valence-electron chi connectivity index (χ1n) is 9.31. The lowest BCUT2D eigenvalue weighted by atomic mass is 9.92. The Morgan fingerprint density at radius 3 is 2.38 bits per heavy atom. The summed E-state index contributed by atoms with van der Waals surface area (Å²) in [6, 6.07) is 17.1. The lowest BCUT2D eigenvalue weighted by molar-refractivity contribution is 0.592. The highest BCUT2D eigenvalue weighted by Gasteiger charge is 2.32. The molecule has 1 aliphatic carbocycles. The number of rotatable bonds is 5. The molecular formula is C23H19F2NO2S. The molecule has 0 N–H and O–H groups in total.